The SMILES string of the molecule is Nc1ccc(/C=C/C(=O)Nc2nccs2)cc1. The second-order valence-corrected chi connectivity index (χ2v) is 4.22. The van der Waals surface area contributed by atoms with E-state index in [9.17, 15) is 4.79 Å². The van der Waals surface area contributed by atoms with Gasteiger partial charge in [0.1, 0.15) is 0 Å². The number of amides is 1. The second kappa shape index (κ2) is 5.27. The molecule has 5 heteroatoms. The monoisotopic (exact) mass is 245 g/mol. The van der Waals surface area contributed by atoms with Crippen molar-refractivity contribution in [3.8, 4) is 0 Å². The molecule has 0 spiro atoms. The van der Waals surface area contributed by atoms with Gasteiger partial charge < -0.3 is 5.73 Å². The van der Waals surface area contributed by atoms with Crippen molar-refractivity contribution in [2.45, 2.75) is 0 Å². The van der Waals surface area contributed by atoms with Crippen LogP contribution in [0.25, 0.3) is 6.08 Å². The van der Waals surface area contributed by atoms with Gasteiger partial charge in [-0.05, 0) is 23.8 Å². The Morgan fingerprint density at radius 1 is 1.35 bits per heavy atom. The molecule has 0 radical (unpaired) electrons. The van der Waals surface area contributed by atoms with Crippen LogP contribution in [0.4, 0.5) is 10.8 Å². The minimum Gasteiger partial charge on any atom is -0.399 e. The topological polar surface area (TPSA) is 68.0 Å². The van der Waals surface area contributed by atoms with E-state index in [2.05, 4.69) is 10.3 Å². The number of thiazole rings is 1. The van der Waals surface area contributed by atoms with E-state index in [0.29, 0.717) is 10.8 Å². The van der Waals surface area contributed by atoms with E-state index in [1.807, 2.05) is 12.1 Å². The van der Waals surface area contributed by atoms with E-state index in [4.69, 9.17) is 5.73 Å². The zero-order valence-electron chi connectivity index (χ0n) is 8.96. The first-order valence-corrected chi connectivity index (χ1v) is 5.86. The lowest BCUT2D eigenvalue weighted by Gasteiger charge is -1.96. The van der Waals surface area contributed by atoms with Crippen LogP contribution >= 0.6 is 11.3 Å². The molecule has 0 bridgehead atoms. The summed E-state index contributed by atoms with van der Waals surface area (Å²) in [7, 11) is 0. The van der Waals surface area contributed by atoms with Crippen LogP contribution in [-0.2, 0) is 4.79 Å². The highest BCUT2D eigenvalue weighted by Gasteiger charge is 1.98. The van der Waals surface area contributed by atoms with Gasteiger partial charge in [0.15, 0.2) is 5.13 Å². The molecular weight excluding hydrogens is 234 g/mol. The van der Waals surface area contributed by atoms with Crippen LogP contribution in [0.5, 0.6) is 0 Å². The van der Waals surface area contributed by atoms with E-state index >= 15 is 0 Å². The predicted molar refractivity (Wildman–Crippen MR) is 70.6 cm³/mol. The molecule has 0 fully saturated rings. The van der Waals surface area contributed by atoms with Crippen LogP contribution in [0.15, 0.2) is 41.9 Å². The van der Waals surface area contributed by atoms with Gasteiger partial charge in [-0.3, -0.25) is 10.1 Å². The standard InChI is InChI=1S/C12H11N3OS/c13-10-4-1-9(2-5-10)3-6-11(16)15-12-14-7-8-17-12/h1-8H,13H2,(H,14,15,16)/b6-3+. The first-order chi connectivity index (χ1) is 8.24. The lowest BCUT2D eigenvalue weighted by Crippen LogP contribution is -2.06. The highest BCUT2D eigenvalue weighted by Crippen LogP contribution is 2.11. The number of hydrogen-bond donors (Lipinski definition) is 2. The molecule has 0 atom stereocenters. The zero-order chi connectivity index (χ0) is 12.1. The van der Waals surface area contributed by atoms with E-state index in [0.717, 1.165) is 5.56 Å². The van der Waals surface area contributed by atoms with Crippen molar-refractivity contribution in [3.05, 3.63) is 47.5 Å². The molecule has 1 aromatic heterocycles. The summed E-state index contributed by atoms with van der Waals surface area (Å²) < 4.78 is 0. The first-order valence-electron chi connectivity index (χ1n) is 4.98. The maximum Gasteiger partial charge on any atom is 0.250 e. The number of nitrogens with two attached hydrogens (primary N) is 1. The number of nitrogens with zero attached hydrogens (tertiary/aromatic N) is 1. The minimum atomic E-state index is -0.197. The molecule has 0 saturated carbocycles. The van der Waals surface area contributed by atoms with Crippen molar-refractivity contribution in [1.29, 1.82) is 0 Å². The molecule has 0 aliphatic rings. The molecule has 0 unspecified atom stereocenters. The number of anilines is 2. The first kappa shape index (κ1) is 11.3. The fourth-order valence-electron chi connectivity index (χ4n) is 1.21. The number of rotatable bonds is 3. The molecule has 4 nitrogen and oxygen atoms in total. The van der Waals surface area contributed by atoms with Crippen LogP contribution in [0.1, 0.15) is 5.56 Å². The quantitative estimate of drug-likeness (QED) is 0.644. The third kappa shape index (κ3) is 3.42. The van der Waals surface area contributed by atoms with Gasteiger partial charge in [0, 0.05) is 23.3 Å². The van der Waals surface area contributed by atoms with Crippen molar-refractivity contribution in [3.63, 3.8) is 0 Å². The molecule has 2 rings (SSSR count). The third-order valence-electron chi connectivity index (χ3n) is 2.03. The Labute approximate surface area is 103 Å². The van der Waals surface area contributed by atoms with E-state index in [1.165, 1.54) is 17.4 Å². The summed E-state index contributed by atoms with van der Waals surface area (Å²) in [4.78, 5) is 15.5. The Morgan fingerprint density at radius 2 is 2.12 bits per heavy atom. The normalized spacial score (nSPS) is 10.6. The fraction of sp³-hybridized carbons (Fsp3) is 0. The molecule has 3 N–H and O–H groups in total. The lowest BCUT2D eigenvalue weighted by molar-refractivity contribution is -0.111. The van der Waals surface area contributed by atoms with E-state index in [-0.39, 0.29) is 5.91 Å². The summed E-state index contributed by atoms with van der Waals surface area (Å²) in [6.45, 7) is 0. The maximum absolute atomic E-state index is 11.5. The van der Waals surface area contributed by atoms with Gasteiger partial charge in [0.25, 0.3) is 0 Å². The number of carbonyl (C=O) groups is 1. The fourth-order valence-corrected chi connectivity index (χ4v) is 1.74. The Morgan fingerprint density at radius 3 is 2.76 bits per heavy atom. The van der Waals surface area contributed by atoms with Crippen LogP contribution < -0.4 is 11.1 Å². The van der Waals surface area contributed by atoms with Gasteiger partial charge in [-0.1, -0.05) is 12.1 Å². The van der Waals surface area contributed by atoms with E-state index in [1.54, 1.807) is 29.8 Å². The molecular formula is C12H11N3OS. The maximum atomic E-state index is 11.5. The molecule has 0 aliphatic carbocycles. The van der Waals surface area contributed by atoms with Gasteiger partial charge in [-0.25, -0.2) is 4.98 Å². The van der Waals surface area contributed by atoms with Gasteiger partial charge in [-0.15, -0.1) is 11.3 Å². The number of carbonyl (C=O) groups excluding carboxylic acids is 1. The van der Waals surface area contributed by atoms with Crippen LogP contribution in [-0.4, -0.2) is 10.9 Å². The summed E-state index contributed by atoms with van der Waals surface area (Å²) in [5, 5.41) is 5.06. The number of nitrogens with one attached hydrogen (secondary N) is 1. The number of benzene rings is 1. The Hall–Kier alpha value is -2.14. The largest absolute Gasteiger partial charge is 0.399 e. The van der Waals surface area contributed by atoms with E-state index < -0.39 is 0 Å². The highest BCUT2D eigenvalue weighted by molar-refractivity contribution is 7.13. The predicted octanol–water partition coefficient (Wildman–Crippen LogP) is 2.38. The number of aromatic nitrogens is 1. The van der Waals surface area contributed by atoms with Crippen LogP contribution in [0, 0.1) is 0 Å². The molecule has 17 heavy (non-hydrogen) atoms. The molecule has 0 aliphatic heterocycles. The second-order valence-electron chi connectivity index (χ2n) is 3.33. The van der Waals surface area contributed by atoms with Gasteiger partial charge in [-0.2, -0.15) is 0 Å². The van der Waals surface area contributed by atoms with Crippen molar-refractivity contribution in [1.82, 2.24) is 4.98 Å². The summed E-state index contributed by atoms with van der Waals surface area (Å²) in [5.41, 5.74) is 7.19. The summed E-state index contributed by atoms with van der Waals surface area (Å²) in [5.74, 6) is -0.197. The molecule has 1 heterocycles. The molecule has 0 saturated heterocycles. The van der Waals surface area contributed by atoms with Crippen molar-refractivity contribution in [2.24, 2.45) is 0 Å². The lowest BCUT2D eigenvalue weighted by atomic mass is 10.2. The van der Waals surface area contributed by atoms with Gasteiger partial charge in [0.2, 0.25) is 5.91 Å². The van der Waals surface area contributed by atoms with Gasteiger partial charge >= 0.3 is 0 Å². The average Bonchev–Trinajstić information content (AvgIpc) is 2.81. The Bertz CT molecular complexity index is 517. The molecule has 1 amide bonds. The van der Waals surface area contributed by atoms with Crippen LogP contribution in [0.3, 0.4) is 0 Å². The molecule has 2 aromatic rings. The van der Waals surface area contributed by atoms with Crippen LogP contribution in [0.2, 0.25) is 0 Å². The highest BCUT2D eigenvalue weighted by atomic mass is 32.1. The zero-order valence-corrected chi connectivity index (χ0v) is 9.78. The smallest absolute Gasteiger partial charge is 0.250 e. The van der Waals surface area contributed by atoms with Crippen molar-refractivity contribution < 1.29 is 4.79 Å². The van der Waals surface area contributed by atoms with Gasteiger partial charge in [0.05, 0.1) is 0 Å². The number of hydrogen-bond acceptors (Lipinski definition) is 4. The summed E-state index contributed by atoms with van der Waals surface area (Å²) in [6, 6.07) is 7.28. The van der Waals surface area contributed by atoms with Crippen molar-refractivity contribution in [2.75, 3.05) is 11.1 Å². The number of nitrogen functional groups attached to an aromatic ring is 1. The molecule has 1 aromatic carbocycles. The third-order valence-corrected chi connectivity index (χ3v) is 2.71. The van der Waals surface area contributed by atoms with Crippen molar-refractivity contribution >= 4 is 34.1 Å². The minimum absolute atomic E-state index is 0.197. The average molecular weight is 245 g/mol. The summed E-state index contributed by atoms with van der Waals surface area (Å²) >= 11 is 1.38. The Kier molecular flexibility index (Phi) is 3.52. The summed E-state index contributed by atoms with van der Waals surface area (Å²) in [6.07, 6.45) is 4.83. The molecule has 86 valence electrons. The Balaban J connectivity index is 1.96.